The number of nitrogens with zero attached hydrogens (tertiary/aromatic N) is 4. The first-order valence-corrected chi connectivity index (χ1v) is 6.25. The molecule has 0 aliphatic rings. The fourth-order valence-corrected chi connectivity index (χ4v) is 2.15. The SMILES string of the molecule is Cc1ccc([N+](=O)[O-])c(-c2nnc(CO)n2C(C)C)c1. The van der Waals surface area contributed by atoms with Crippen LogP contribution in [0.25, 0.3) is 11.4 Å². The fourth-order valence-electron chi connectivity index (χ4n) is 2.15. The van der Waals surface area contributed by atoms with Crippen LogP contribution in [0, 0.1) is 17.0 Å². The van der Waals surface area contributed by atoms with E-state index in [9.17, 15) is 15.2 Å². The second-order valence-corrected chi connectivity index (χ2v) is 4.84. The molecule has 0 saturated heterocycles. The average molecular weight is 276 g/mol. The third-order valence-corrected chi connectivity index (χ3v) is 3.01. The minimum Gasteiger partial charge on any atom is -0.388 e. The number of aromatic nitrogens is 3. The number of aryl methyl sites for hydroxylation is 1. The van der Waals surface area contributed by atoms with E-state index >= 15 is 0 Å². The largest absolute Gasteiger partial charge is 0.388 e. The molecule has 20 heavy (non-hydrogen) atoms. The highest BCUT2D eigenvalue weighted by atomic mass is 16.6. The number of benzene rings is 1. The fraction of sp³-hybridized carbons (Fsp3) is 0.385. The Morgan fingerprint density at radius 3 is 2.65 bits per heavy atom. The summed E-state index contributed by atoms with van der Waals surface area (Å²) >= 11 is 0. The van der Waals surface area contributed by atoms with Gasteiger partial charge in [-0.05, 0) is 32.4 Å². The third-order valence-electron chi connectivity index (χ3n) is 3.01. The van der Waals surface area contributed by atoms with Crippen molar-refractivity contribution in [1.82, 2.24) is 14.8 Å². The van der Waals surface area contributed by atoms with E-state index in [1.807, 2.05) is 20.8 Å². The van der Waals surface area contributed by atoms with Crippen LogP contribution in [0.5, 0.6) is 0 Å². The second-order valence-electron chi connectivity index (χ2n) is 4.84. The molecule has 106 valence electrons. The number of hydrogen-bond acceptors (Lipinski definition) is 5. The standard InChI is InChI=1S/C13H16N4O3/c1-8(2)16-12(7-18)14-15-13(16)10-6-9(3)4-5-11(10)17(19)20/h4-6,8,18H,7H2,1-3H3. The molecule has 0 fully saturated rings. The molecule has 0 spiro atoms. The molecule has 0 unspecified atom stereocenters. The highest BCUT2D eigenvalue weighted by Crippen LogP contribution is 2.31. The summed E-state index contributed by atoms with van der Waals surface area (Å²) in [6.07, 6.45) is 0. The van der Waals surface area contributed by atoms with Crippen molar-refractivity contribution in [3.05, 3.63) is 39.7 Å². The smallest absolute Gasteiger partial charge is 0.280 e. The maximum atomic E-state index is 11.2. The van der Waals surface area contributed by atoms with E-state index in [4.69, 9.17) is 0 Å². The lowest BCUT2D eigenvalue weighted by atomic mass is 10.1. The molecule has 0 amide bonds. The molecule has 0 saturated carbocycles. The summed E-state index contributed by atoms with van der Waals surface area (Å²) in [6, 6.07) is 4.84. The lowest BCUT2D eigenvalue weighted by Crippen LogP contribution is -2.09. The number of aliphatic hydroxyl groups excluding tert-OH is 1. The molecular formula is C13H16N4O3. The monoisotopic (exact) mass is 276 g/mol. The summed E-state index contributed by atoms with van der Waals surface area (Å²) in [5.41, 5.74) is 1.29. The zero-order valence-electron chi connectivity index (χ0n) is 11.6. The van der Waals surface area contributed by atoms with Gasteiger partial charge < -0.3 is 9.67 Å². The van der Waals surface area contributed by atoms with Crippen LogP contribution >= 0.6 is 0 Å². The molecule has 1 heterocycles. The van der Waals surface area contributed by atoms with Gasteiger partial charge in [0, 0.05) is 12.1 Å². The van der Waals surface area contributed by atoms with Gasteiger partial charge in [-0.15, -0.1) is 10.2 Å². The van der Waals surface area contributed by atoms with Gasteiger partial charge in [0.15, 0.2) is 11.6 Å². The Morgan fingerprint density at radius 2 is 2.10 bits per heavy atom. The molecule has 1 aromatic heterocycles. The first-order chi connectivity index (χ1) is 9.45. The van der Waals surface area contributed by atoms with Crippen molar-refractivity contribution >= 4 is 5.69 Å². The van der Waals surface area contributed by atoms with E-state index in [1.165, 1.54) is 6.07 Å². The summed E-state index contributed by atoms with van der Waals surface area (Å²) in [6.45, 7) is 5.42. The Bertz CT molecular complexity index is 649. The number of hydrogen-bond donors (Lipinski definition) is 1. The molecule has 7 heteroatoms. The van der Waals surface area contributed by atoms with Crippen LogP contribution < -0.4 is 0 Å². The van der Waals surface area contributed by atoms with Gasteiger partial charge >= 0.3 is 0 Å². The first kappa shape index (κ1) is 14.1. The lowest BCUT2D eigenvalue weighted by molar-refractivity contribution is -0.384. The Kier molecular flexibility index (Phi) is 3.80. The Balaban J connectivity index is 2.71. The van der Waals surface area contributed by atoms with E-state index in [0.29, 0.717) is 17.2 Å². The van der Waals surface area contributed by atoms with E-state index < -0.39 is 4.92 Å². The minimum absolute atomic E-state index is 0.0118. The van der Waals surface area contributed by atoms with Crippen LogP contribution in [0.1, 0.15) is 31.3 Å². The van der Waals surface area contributed by atoms with Gasteiger partial charge in [-0.3, -0.25) is 10.1 Å². The maximum absolute atomic E-state index is 11.2. The zero-order chi connectivity index (χ0) is 14.9. The highest BCUT2D eigenvalue weighted by Gasteiger charge is 2.23. The van der Waals surface area contributed by atoms with Crippen molar-refractivity contribution in [1.29, 1.82) is 0 Å². The van der Waals surface area contributed by atoms with Crippen LogP contribution in [0.2, 0.25) is 0 Å². The molecule has 0 atom stereocenters. The summed E-state index contributed by atoms with van der Waals surface area (Å²) in [5, 5.41) is 28.4. The van der Waals surface area contributed by atoms with E-state index in [1.54, 1.807) is 16.7 Å². The van der Waals surface area contributed by atoms with Crippen molar-refractivity contribution < 1.29 is 10.0 Å². The van der Waals surface area contributed by atoms with Gasteiger partial charge in [-0.2, -0.15) is 0 Å². The molecule has 0 aliphatic heterocycles. The molecule has 1 aromatic carbocycles. The summed E-state index contributed by atoms with van der Waals surface area (Å²) < 4.78 is 1.71. The maximum Gasteiger partial charge on any atom is 0.280 e. The molecule has 7 nitrogen and oxygen atoms in total. The second kappa shape index (κ2) is 5.38. The molecule has 2 aromatic rings. The van der Waals surface area contributed by atoms with Gasteiger partial charge in [-0.25, -0.2) is 0 Å². The van der Waals surface area contributed by atoms with Crippen LogP contribution in [-0.2, 0) is 6.61 Å². The Morgan fingerprint density at radius 1 is 1.40 bits per heavy atom. The van der Waals surface area contributed by atoms with Crippen LogP contribution in [0.4, 0.5) is 5.69 Å². The van der Waals surface area contributed by atoms with E-state index in [2.05, 4.69) is 10.2 Å². The number of nitro groups is 1. The van der Waals surface area contributed by atoms with Gasteiger partial charge in [0.1, 0.15) is 6.61 Å². The van der Waals surface area contributed by atoms with Crippen molar-refractivity contribution in [2.24, 2.45) is 0 Å². The third kappa shape index (κ3) is 2.39. The minimum atomic E-state index is -0.438. The zero-order valence-corrected chi connectivity index (χ0v) is 11.6. The van der Waals surface area contributed by atoms with Gasteiger partial charge in [0.25, 0.3) is 5.69 Å². The summed E-state index contributed by atoms with van der Waals surface area (Å²) in [5.74, 6) is 0.797. The van der Waals surface area contributed by atoms with Crippen molar-refractivity contribution in [2.45, 2.75) is 33.4 Å². The van der Waals surface area contributed by atoms with E-state index in [0.717, 1.165) is 5.56 Å². The predicted molar refractivity (Wildman–Crippen MR) is 73.2 cm³/mol. The quantitative estimate of drug-likeness (QED) is 0.682. The van der Waals surface area contributed by atoms with Crippen LogP contribution in [0.3, 0.4) is 0 Å². The lowest BCUT2D eigenvalue weighted by Gasteiger charge is -2.13. The van der Waals surface area contributed by atoms with Crippen molar-refractivity contribution in [2.75, 3.05) is 0 Å². The van der Waals surface area contributed by atoms with Gasteiger partial charge in [0.05, 0.1) is 10.5 Å². The number of aliphatic hydroxyl groups is 1. The van der Waals surface area contributed by atoms with Crippen molar-refractivity contribution in [3.8, 4) is 11.4 Å². The molecule has 0 bridgehead atoms. The highest BCUT2D eigenvalue weighted by molar-refractivity contribution is 5.69. The topological polar surface area (TPSA) is 94.1 Å². The van der Waals surface area contributed by atoms with Gasteiger partial charge in [0.2, 0.25) is 0 Å². The molecule has 0 radical (unpaired) electrons. The van der Waals surface area contributed by atoms with Crippen LogP contribution in [-0.4, -0.2) is 24.8 Å². The Labute approximate surface area is 116 Å². The molecule has 2 rings (SSSR count). The van der Waals surface area contributed by atoms with E-state index in [-0.39, 0.29) is 18.3 Å². The Hall–Kier alpha value is -2.28. The first-order valence-electron chi connectivity index (χ1n) is 6.25. The van der Waals surface area contributed by atoms with Crippen molar-refractivity contribution in [3.63, 3.8) is 0 Å². The summed E-state index contributed by atoms with van der Waals surface area (Å²) in [7, 11) is 0. The average Bonchev–Trinajstić information content (AvgIpc) is 2.81. The number of nitro benzene ring substituents is 1. The molecule has 1 N–H and O–H groups in total. The molecular weight excluding hydrogens is 260 g/mol. The van der Waals surface area contributed by atoms with Crippen LogP contribution in [0.15, 0.2) is 18.2 Å². The summed E-state index contributed by atoms with van der Waals surface area (Å²) in [4.78, 5) is 10.7. The van der Waals surface area contributed by atoms with Gasteiger partial charge in [-0.1, -0.05) is 6.07 Å². The predicted octanol–water partition coefficient (Wildman–Crippen LogP) is 2.23. The normalized spacial score (nSPS) is 11.1. The number of rotatable bonds is 4. The molecule has 0 aliphatic carbocycles.